The summed E-state index contributed by atoms with van der Waals surface area (Å²) in [6.45, 7) is 16.1. The molecule has 2 aromatic rings. The van der Waals surface area contributed by atoms with E-state index < -0.39 is 41.1 Å². The maximum atomic E-state index is 14.2. The number of nitrogens with zero attached hydrogens (tertiary/aromatic N) is 1. The predicted octanol–water partition coefficient (Wildman–Crippen LogP) is 5.57. The number of aromatic hydroxyl groups is 1. The van der Waals surface area contributed by atoms with E-state index in [0.29, 0.717) is 22.6 Å². The van der Waals surface area contributed by atoms with Crippen LogP contribution in [-0.2, 0) is 14.3 Å². The largest absolute Gasteiger partial charge is 0.508 e. The Bertz CT molecular complexity index is 1160. The first-order valence-electron chi connectivity index (χ1n) is 13.0. The van der Waals surface area contributed by atoms with Crippen molar-refractivity contribution in [2.24, 2.45) is 5.92 Å². The predicted molar refractivity (Wildman–Crippen MR) is 152 cm³/mol. The fraction of sp³-hybridized carbons (Fsp3) is 0.500. The van der Waals surface area contributed by atoms with Gasteiger partial charge in [0.1, 0.15) is 29.2 Å². The number of phenolic OH excluding ortho intramolecular Hbond substituents is 1. The average Bonchev–Trinajstić information content (AvgIpc) is 2.80. The molecule has 39 heavy (non-hydrogen) atoms. The van der Waals surface area contributed by atoms with Crippen LogP contribution in [0.2, 0.25) is 0 Å². The van der Waals surface area contributed by atoms with E-state index in [1.54, 1.807) is 71.2 Å². The molecule has 3 N–H and O–H groups in total. The number of nitrogens with one attached hydrogen (secondary N) is 2. The second-order valence-electron chi connectivity index (χ2n) is 11.9. The van der Waals surface area contributed by atoms with E-state index in [-0.39, 0.29) is 11.7 Å². The van der Waals surface area contributed by atoms with Crippen LogP contribution >= 0.6 is 0 Å². The van der Waals surface area contributed by atoms with E-state index in [9.17, 15) is 19.5 Å². The second-order valence-corrected chi connectivity index (χ2v) is 11.9. The molecule has 9 heteroatoms. The summed E-state index contributed by atoms with van der Waals surface area (Å²) in [6, 6.07) is 9.63. The highest BCUT2D eigenvalue weighted by Gasteiger charge is 2.43. The Morgan fingerprint density at radius 1 is 0.949 bits per heavy atom. The average molecular weight is 542 g/mol. The quantitative estimate of drug-likeness (QED) is 0.403. The fourth-order valence-corrected chi connectivity index (χ4v) is 4.09. The molecule has 3 amide bonds. The molecule has 2 atom stereocenters. The van der Waals surface area contributed by atoms with Crippen LogP contribution in [0.15, 0.2) is 42.5 Å². The second kappa shape index (κ2) is 12.4. The number of amides is 3. The molecule has 0 aliphatic rings. The number of benzene rings is 2. The van der Waals surface area contributed by atoms with Gasteiger partial charge in [0.15, 0.2) is 0 Å². The fourth-order valence-electron chi connectivity index (χ4n) is 4.09. The van der Waals surface area contributed by atoms with Crippen molar-refractivity contribution in [1.29, 1.82) is 0 Å². The molecule has 9 nitrogen and oxygen atoms in total. The van der Waals surface area contributed by atoms with Crippen LogP contribution in [-0.4, -0.2) is 52.2 Å². The highest BCUT2D eigenvalue weighted by atomic mass is 16.6. The van der Waals surface area contributed by atoms with Crippen molar-refractivity contribution in [2.45, 2.75) is 85.5 Å². The molecule has 0 bridgehead atoms. The molecule has 0 aromatic heterocycles. The Labute approximate surface area is 231 Å². The molecule has 0 saturated heterocycles. The first-order valence-corrected chi connectivity index (χ1v) is 13.0. The van der Waals surface area contributed by atoms with Gasteiger partial charge in [0.2, 0.25) is 5.91 Å². The number of phenols is 1. The van der Waals surface area contributed by atoms with Crippen molar-refractivity contribution in [2.75, 3.05) is 12.4 Å². The Kier molecular flexibility index (Phi) is 10.0. The van der Waals surface area contributed by atoms with E-state index in [1.165, 1.54) is 11.0 Å². The number of hydrogen-bond donors (Lipinski definition) is 3. The normalized spacial score (nSPS) is 13.3. The van der Waals surface area contributed by atoms with E-state index in [1.807, 2.05) is 34.6 Å². The highest BCUT2D eigenvalue weighted by molar-refractivity contribution is 5.99. The minimum absolute atomic E-state index is 0.0772. The third-order valence-corrected chi connectivity index (χ3v) is 5.97. The maximum absolute atomic E-state index is 14.2. The van der Waals surface area contributed by atoms with Crippen LogP contribution in [0.1, 0.15) is 72.6 Å². The molecule has 0 radical (unpaired) electrons. The Balaban J connectivity index is 2.60. The summed E-state index contributed by atoms with van der Waals surface area (Å²) in [5.41, 5.74) is 0.00797. The minimum Gasteiger partial charge on any atom is -0.508 e. The topological polar surface area (TPSA) is 117 Å². The molecule has 0 heterocycles. The number of alkyl carbamates (subject to hydrolysis) is 1. The van der Waals surface area contributed by atoms with Gasteiger partial charge in [0.05, 0.1) is 7.11 Å². The summed E-state index contributed by atoms with van der Waals surface area (Å²) in [7, 11) is 1.56. The lowest BCUT2D eigenvalue weighted by molar-refractivity contribution is -0.147. The van der Waals surface area contributed by atoms with Gasteiger partial charge in [-0.2, -0.15) is 0 Å². The molecular weight excluding hydrogens is 498 g/mol. The summed E-state index contributed by atoms with van der Waals surface area (Å²) in [5.74, 6) is -0.481. The van der Waals surface area contributed by atoms with E-state index >= 15 is 0 Å². The highest BCUT2D eigenvalue weighted by Crippen LogP contribution is 2.33. The summed E-state index contributed by atoms with van der Waals surface area (Å²) in [5, 5.41) is 15.8. The van der Waals surface area contributed by atoms with Crippen LogP contribution in [0.25, 0.3) is 0 Å². The van der Waals surface area contributed by atoms with Gasteiger partial charge >= 0.3 is 6.09 Å². The number of anilines is 1. The zero-order valence-electron chi connectivity index (χ0n) is 24.7. The van der Waals surface area contributed by atoms with Gasteiger partial charge in [0, 0.05) is 11.2 Å². The molecule has 0 spiro atoms. The molecule has 214 valence electrons. The van der Waals surface area contributed by atoms with Crippen molar-refractivity contribution in [3.63, 3.8) is 0 Å². The number of ether oxygens (including phenoxy) is 2. The number of hydrogen-bond acceptors (Lipinski definition) is 6. The van der Waals surface area contributed by atoms with Crippen molar-refractivity contribution in [3.8, 4) is 11.5 Å². The monoisotopic (exact) mass is 541 g/mol. The molecule has 2 aromatic carbocycles. The zero-order valence-corrected chi connectivity index (χ0v) is 24.7. The number of carbonyl (C=O) groups is 3. The maximum Gasteiger partial charge on any atom is 0.408 e. The third-order valence-electron chi connectivity index (χ3n) is 5.97. The Morgan fingerprint density at radius 3 is 2.00 bits per heavy atom. The molecule has 2 unspecified atom stereocenters. The van der Waals surface area contributed by atoms with Crippen molar-refractivity contribution in [1.82, 2.24) is 10.2 Å². The van der Waals surface area contributed by atoms with Gasteiger partial charge in [-0.25, -0.2) is 4.79 Å². The van der Waals surface area contributed by atoms with Gasteiger partial charge < -0.3 is 30.1 Å². The van der Waals surface area contributed by atoms with E-state index in [0.717, 1.165) is 0 Å². The standard InChI is InChI=1S/C30H43N3O6/c1-18(2)24(32-28(37)39-30(7,8)9)27(36)33(29(4,5)6)25(20-11-16-23(34)19(3)17-20)26(35)31-21-12-14-22(38-10)15-13-21/h11-18,24-25,34H,1-10H3,(H,31,35)(H,32,37). The third kappa shape index (κ3) is 8.63. The molecule has 2 rings (SSSR count). The van der Waals surface area contributed by atoms with Gasteiger partial charge in [-0.15, -0.1) is 0 Å². The lowest BCUT2D eigenvalue weighted by atomic mass is 9.92. The zero-order chi connectivity index (χ0) is 29.7. The summed E-state index contributed by atoms with van der Waals surface area (Å²) < 4.78 is 10.6. The molecule has 0 saturated carbocycles. The molecular formula is C30H43N3O6. The lowest BCUT2D eigenvalue weighted by Crippen LogP contribution is -2.59. The minimum atomic E-state index is -1.08. The van der Waals surface area contributed by atoms with Crippen molar-refractivity contribution >= 4 is 23.6 Å². The number of aryl methyl sites for hydroxylation is 1. The van der Waals surface area contributed by atoms with Crippen LogP contribution in [0, 0.1) is 12.8 Å². The number of methoxy groups -OCH3 is 1. The summed E-state index contributed by atoms with van der Waals surface area (Å²) in [4.78, 5) is 42.4. The van der Waals surface area contributed by atoms with Gasteiger partial charge in [-0.3, -0.25) is 9.59 Å². The van der Waals surface area contributed by atoms with Crippen LogP contribution in [0.5, 0.6) is 11.5 Å². The van der Waals surface area contributed by atoms with Gasteiger partial charge in [-0.1, -0.05) is 19.9 Å². The van der Waals surface area contributed by atoms with Crippen molar-refractivity contribution < 1.29 is 29.0 Å². The summed E-state index contributed by atoms with van der Waals surface area (Å²) in [6.07, 6.45) is -0.719. The number of rotatable bonds is 8. The lowest BCUT2D eigenvalue weighted by Gasteiger charge is -2.43. The number of carbonyl (C=O) groups excluding carboxylic acids is 3. The van der Waals surface area contributed by atoms with E-state index in [4.69, 9.17) is 9.47 Å². The SMILES string of the molecule is COc1ccc(NC(=O)C(c2ccc(O)c(C)c2)N(C(=O)C(NC(=O)OC(C)(C)C)C(C)C)C(C)(C)C)cc1. The molecule has 0 aliphatic heterocycles. The Hall–Kier alpha value is -3.75. The van der Waals surface area contributed by atoms with Gasteiger partial charge in [0.25, 0.3) is 5.91 Å². The van der Waals surface area contributed by atoms with Crippen LogP contribution in [0.3, 0.4) is 0 Å². The van der Waals surface area contributed by atoms with E-state index in [2.05, 4.69) is 10.6 Å². The first-order chi connectivity index (χ1) is 17.9. The van der Waals surface area contributed by atoms with Crippen molar-refractivity contribution in [3.05, 3.63) is 53.6 Å². The summed E-state index contributed by atoms with van der Waals surface area (Å²) >= 11 is 0. The molecule has 0 fully saturated rings. The van der Waals surface area contributed by atoms with Crippen LogP contribution < -0.4 is 15.4 Å². The smallest absolute Gasteiger partial charge is 0.408 e. The van der Waals surface area contributed by atoms with Gasteiger partial charge in [-0.05, 0) is 102 Å². The Morgan fingerprint density at radius 2 is 1.54 bits per heavy atom. The molecule has 0 aliphatic carbocycles. The van der Waals surface area contributed by atoms with Crippen LogP contribution in [0.4, 0.5) is 10.5 Å². The first kappa shape index (κ1) is 31.5.